The van der Waals surface area contributed by atoms with Crippen LogP contribution in [0, 0.1) is 5.82 Å². The lowest BCUT2D eigenvalue weighted by Crippen LogP contribution is -2.63. The van der Waals surface area contributed by atoms with Crippen LogP contribution in [-0.4, -0.2) is 51.0 Å². The molecule has 0 spiro atoms. The average Bonchev–Trinajstić information content (AvgIpc) is 3.25. The summed E-state index contributed by atoms with van der Waals surface area (Å²) in [5, 5.41) is 13.2. The van der Waals surface area contributed by atoms with E-state index >= 15 is 0 Å². The predicted molar refractivity (Wildman–Crippen MR) is 129 cm³/mol. The van der Waals surface area contributed by atoms with Crippen molar-refractivity contribution in [2.45, 2.75) is 63.5 Å². The second-order valence-corrected chi connectivity index (χ2v) is 10.5. The van der Waals surface area contributed by atoms with Crippen molar-refractivity contribution in [1.29, 1.82) is 0 Å². The number of furan rings is 1. The smallest absolute Gasteiger partial charge is 0.290 e. The van der Waals surface area contributed by atoms with Crippen LogP contribution in [0.2, 0.25) is 0 Å². The Morgan fingerprint density at radius 1 is 1.17 bits per heavy atom. The van der Waals surface area contributed by atoms with Crippen molar-refractivity contribution < 1.29 is 23.5 Å². The highest BCUT2D eigenvalue weighted by Crippen LogP contribution is 2.42. The molecule has 0 unspecified atom stereocenters. The molecule has 184 valence electrons. The third-order valence-electron chi connectivity index (χ3n) is 7.46. The molecular weight excluding hydrogens is 449 g/mol. The number of nitrogens with zero attached hydrogens (tertiary/aromatic N) is 2. The molecule has 2 amide bonds. The summed E-state index contributed by atoms with van der Waals surface area (Å²) in [6.07, 6.45) is 2.88. The second kappa shape index (κ2) is 8.45. The van der Waals surface area contributed by atoms with Crippen LogP contribution in [0.5, 0.6) is 0 Å². The molecular formula is C27H30FN3O4. The number of hydrogen-bond acceptors (Lipinski definition) is 5. The highest BCUT2D eigenvalue weighted by Gasteiger charge is 2.42. The van der Waals surface area contributed by atoms with E-state index in [9.17, 15) is 19.1 Å². The lowest BCUT2D eigenvalue weighted by molar-refractivity contribution is -0.133. The van der Waals surface area contributed by atoms with Crippen molar-refractivity contribution in [2.24, 2.45) is 0 Å². The number of piperazine rings is 1. The zero-order chi connectivity index (χ0) is 25.0. The molecule has 2 fully saturated rings. The maximum absolute atomic E-state index is 13.5. The molecule has 0 bridgehead atoms. The number of hydrogen-bond donors (Lipinski definition) is 2. The zero-order valence-corrected chi connectivity index (χ0v) is 20.2. The first-order valence-corrected chi connectivity index (χ1v) is 12.1. The van der Waals surface area contributed by atoms with E-state index in [1.165, 1.54) is 17.0 Å². The monoisotopic (exact) mass is 479 g/mol. The van der Waals surface area contributed by atoms with Crippen molar-refractivity contribution in [3.63, 3.8) is 0 Å². The Kier molecular flexibility index (Phi) is 5.67. The van der Waals surface area contributed by atoms with Gasteiger partial charge >= 0.3 is 0 Å². The van der Waals surface area contributed by atoms with Gasteiger partial charge in [-0.2, -0.15) is 0 Å². The van der Waals surface area contributed by atoms with Gasteiger partial charge in [-0.05, 0) is 82.7 Å². The number of aliphatic hydroxyl groups is 1. The largest absolute Gasteiger partial charge is 0.449 e. The molecule has 3 heterocycles. The molecule has 5 rings (SSSR count). The number of nitrogens with one attached hydrogen (secondary N) is 1. The average molecular weight is 480 g/mol. The lowest BCUT2D eigenvalue weighted by Gasteiger charge is -2.40. The van der Waals surface area contributed by atoms with Gasteiger partial charge in [0.15, 0.2) is 11.3 Å². The van der Waals surface area contributed by atoms with E-state index in [4.69, 9.17) is 9.40 Å². The molecule has 8 heteroatoms. The Bertz CT molecular complexity index is 1290. The van der Waals surface area contributed by atoms with Gasteiger partial charge in [-0.1, -0.05) is 0 Å². The van der Waals surface area contributed by atoms with Crippen LogP contribution in [0.1, 0.15) is 68.5 Å². The molecule has 2 aromatic heterocycles. The fourth-order valence-corrected chi connectivity index (χ4v) is 5.16. The molecule has 2 N–H and O–H groups in total. The van der Waals surface area contributed by atoms with Crippen LogP contribution in [0.25, 0.3) is 22.4 Å². The molecule has 1 saturated heterocycles. The van der Waals surface area contributed by atoms with Gasteiger partial charge in [0.2, 0.25) is 5.91 Å². The molecule has 1 aromatic carbocycles. The van der Waals surface area contributed by atoms with Gasteiger partial charge in [-0.15, -0.1) is 0 Å². The maximum atomic E-state index is 13.5. The number of aromatic nitrogens is 1. The highest BCUT2D eigenvalue weighted by molar-refractivity contribution is 6.00. The van der Waals surface area contributed by atoms with Crippen molar-refractivity contribution in [2.75, 3.05) is 13.1 Å². The van der Waals surface area contributed by atoms with Crippen molar-refractivity contribution in [3.8, 4) is 11.3 Å². The number of pyridine rings is 1. The van der Waals surface area contributed by atoms with E-state index in [0.29, 0.717) is 42.7 Å². The second-order valence-electron chi connectivity index (χ2n) is 10.5. The van der Waals surface area contributed by atoms with Crippen LogP contribution < -0.4 is 5.32 Å². The van der Waals surface area contributed by atoms with Gasteiger partial charge in [0.25, 0.3) is 5.91 Å². The predicted octanol–water partition coefficient (Wildman–Crippen LogP) is 4.39. The number of amides is 2. The normalized spacial score (nSPS) is 24.4. The minimum Gasteiger partial charge on any atom is -0.449 e. The van der Waals surface area contributed by atoms with E-state index in [1.54, 1.807) is 32.0 Å². The fourth-order valence-electron chi connectivity index (χ4n) is 5.16. The summed E-state index contributed by atoms with van der Waals surface area (Å²) in [6.45, 7) is 6.05. The highest BCUT2D eigenvalue weighted by atomic mass is 19.1. The minimum atomic E-state index is -1.00. The molecule has 7 nitrogen and oxygen atoms in total. The van der Waals surface area contributed by atoms with Crippen LogP contribution in [0.15, 0.2) is 40.8 Å². The SMILES string of the molecule is CC1(C)C(=O)NCCN1C(=O)c1cc2nc(-c3ccc(F)cc3)cc([C@H]3CC[C@@](C)(O)CC3)c2o1. The lowest BCUT2D eigenvalue weighted by atomic mass is 9.77. The Labute approximate surface area is 203 Å². The van der Waals surface area contributed by atoms with Crippen molar-refractivity contribution in [3.05, 3.63) is 53.5 Å². The molecule has 2 aliphatic rings. The summed E-state index contributed by atoms with van der Waals surface area (Å²) in [5.74, 6) is -0.626. The molecule has 0 radical (unpaired) electrons. The number of halogens is 1. The number of carbonyl (C=O) groups excluding carboxylic acids is 2. The van der Waals surface area contributed by atoms with Gasteiger partial charge in [-0.25, -0.2) is 9.37 Å². The molecule has 0 atom stereocenters. The number of rotatable bonds is 3. The number of fused-ring (bicyclic) bond motifs is 1. The summed E-state index contributed by atoms with van der Waals surface area (Å²) in [5.41, 5.74) is 1.76. The summed E-state index contributed by atoms with van der Waals surface area (Å²) in [4.78, 5) is 32.1. The zero-order valence-electron chi connectivity index (χ0n) is 20.2. The van der Waals surface area contributed by atoms with Crippen LogP contribution in [-0.2, 0) is 4.79 Å². The number of carbonyl (C=O) groups is 2. The van der Waals surface area contributed by atoms with Gasteiger partial charge in [-0.3, -0.25) is 9.59 Å². The van der Waals surface area contributed by atoms with E-state index < -0.39 is 11.1 Å². The Morgan fingerprint density at radius 3 is 2.54 bits per heavy atom. The fraction of sp³-hybridized carbons (Fsp3) is 0.444. The first-order chi connectivity index (χ1) is 16.5. The van der Waals surface area contributed by atoms with Crippen LogP contribution >= 0.6 is 0 Å². The molecule has 1 aliphatic heterocycles. The van der Waals surface area contributed by atoms with E-state index in [-0.39, 0.29) is 29.3 Å². The van der Waals surface area contributed by atoms with Crippen molar-refractivity contribution >= 4 is 22.9 Å². The molecule has 35 heavy (non-hydrogen) atoms. The van der Waals surface area contributed by atoms with E-state index in [1.807, 2.05) is 13.0 Å². The molecule has 1 saturated carbocycles. The summed E-state index contributed by atoms with van der Waals surface area (Å²) in [7, 11) is 0. The van der Waals surface area contributed by atoms with E-state index in [0.717, 1.165) is 24.0 Å². The first kappa shape index (κ1) is 23.5. The standard InChI is InChI=1S/C27H30FN3O4/c1-26(2)25(33)29-12-13-31(26)24(32)22-15-21-23(35-22)19(16-8-10-27(3,34)11-9-16)14-20(30-21)17-4-6-18(28)7-5-17/h4-7,14-16,34H,8-13H2,1-3H3,(H,29,33)/t16-,27+. The summed E-state index contributed by atoms with van der Waals surface area (Å²) in [6, 6.07) is 9.74. The minimum absolute atomic E-state index is 0.131. The Hall–Kier alpha value is -3.26. The number of benzene rings is 1. The van der Waals surface area contributed by atoms with Crippen LogP contribution in [0.3, 0.4) is 0 Å². The third kappa shape index (κ3) is 4.31. The first-order valence-electron chi connectivity index (χ1n) is 12.1. The van der Waals surface area contributed by atoms with Crippen molar-refractivity contribution in [1.82, 2.24) is 15.2 Å². The Balaban J connectivity index is 1.59. The summed E-state index contributed by atoms with van der Waals surface area (Å²) < 4.78 is 19.7. The Morgan fingerprint density at radius 2 is 1.86 bits per heavy atom. The maximum Gasteiger partial charge on any atom is 0.290 e. The van der Waals surface area contributed by atoms with E-state index in [2.05, 4.69) is 5.32 Å². The quantitative estimate of drug-likeness (QED) is 0.581. The topological polar surface area (TPSA) is 95.7 Å². The molecule has 1 aliphatic carbocycles. The van der Waals surface area contributed by atoms with Gasteiger partial charge in [0, 0.05) is 30.3 Å². The van der Waals surface area contributed by atoms with Gasteiger partial charge in [0.1, 0.15) is 16.9 Å². The summed E-state index contributed by atoms with van der Waals surface area (Å²) >= 11 is 0. The van der Waals surface area contributed by atoms with Gasteiger partial charge < -0.3 is 19.7 Å². The molecule has 3 aromatic rings. The third-order valence-corrected chi connectivity index (χ3v) is 7.46. The van der Waals surface area contributed by atoms with Gasteiger partial charge in [0.05, 0.1) is 11.3 Å². The van der Waals surface area contributed by atoms with Crippen LogP contribution in [0.4, 0.5) is 4.39 Å².